The molecule has 0 atom stereocenters. The molecule has 2 amide bonds. The lowest BCUT2D eigenvalue weighted by molar-refractivity contribution is -0.130. The van der Waals surface area contributed by atoms with Gasteiger partial charge in [0.2, 0.25) is 11.9 Å². The van der Waals surface area contributed by atoms with Gasteiger partial charge in [-0.05, 0) is 46.8 Å². The molecular formula is C20H29N3O5. The Kier molecular flexibility index (Phi) is 6.21. The molecule has 0 radical (unpaired) electrons. The summed E-state index contributed by atoms with van der Waals surface area (Å²) in [5.41, 5.74) is -0.451. The smallest absolute Gasteiger partial charge is 0.437 e. The first-order valence-electron chi connectivity index (χ1n) is 9.05. The Bertz CT molecular complexity index is 781. The van der Waals surface area contributed by atoms with E-state index in [1.54, 1.807) is 47.1 Å². The maximum absolute atomic E-state index is 12.8. The zero-order valence-corrected chi connectivity index (χ0v) is 17.6. The number of carbonyl (C=O) groups excluding carboxylic acids is 2. The summed E-state index contributed by atoms with van der Waals surface area (Å²) in [5, 5.41) is 3.16. The van der Waals surface area contributed by atoms with Gasteiger partial charge in [-0.15, -0.1) is 4.99 Å². The second-order valence-corrected chi connectivity index (χ2v) is 8.26. The predicted octanol–water partition coefficient (Wildman–Crippen LogP) is 3.10. The first-order valence-corrected chi connectivity index (χ1v) is 9.05. The average molecular weight is 391 g/mol. The Morgan fingerprint density at radius 1 is 1.25 bits per heavy atom. The highest BCUT2D eigenvalue weighted by Gasteiger charge is 2.36. The summed E-state index contributed by atoms with van der Waals surface area (Å²) in [5.74, 6) is 1.23. The van der Waals surface area contributed by atoms with E-state index in [0.29, 0.717) is 11.5 Å². The number of carbonyl (C=O) groups is 2. The van der Waals surface area contributed by atoms with Crippen LogP contribution in [0.5, 0.6) is 11.5 Å². The third-order valence-corrected chi connectivity index (χ3v) is 4.01. The van der Waals surface area contributed by atoms with Gasteiger partial charge in [0.1, 0.15) is 17.1 Å². The second kappa shape index (κ2) is 8.08. The second-order valence-electron chi connectivity index (χ2n) is 8.26. The first-order chi connectivity index (χ1) is 12.9. The summed E-state index contributed by atoms with van der Waals surface area (Å²) >= 11 is 0. The zero-order valence-electron chi connectivity index (χ0n) is 17.6. The molecule has 1 heterocycles. The van der Waals surface area contributed by atoms with E-state index in [4.69, 9.17) is 14.2 Å². The molecule has 1 aliphatic heterocycles. The van der Waals surface area contributed by atoms with Gasteiger partial charge in [-0.2, -0.15) is 0 Å². The molecule has 1 fully saturated rings. The molecule has 0 aliphatic carbocycles. The van der Waals surface area contributed by atoms with Crippen molar-refractivity contribution in [3.8, 4) is 11.5 Å². The zero-order chi connectivity index (χ0) is 21.1. The van der Waals surface area contributed by atoms with E-state index >= 15 is 0 Å². The lowest BCUT2D eigenvalue weighted by atomic mass is 9.97. The average Bonchev–Trinajstić information content (AvgIpc) is 2.55. The molecule has 0 aromatic heterocycles. The van der Waals surface area contributed by atoms with Gasteiger partial charge in [-0.25, -0.2) is 4.79 Å². The van der Waals surface area contributed by atoms with Gasteiger partial charge in [0, 0.05) is 23.6 Å². The fourth-order valence-corrected chi connectivity index (χ4v) is 2.78. The molecule has 1 aromatic rings. The van der Waals surface area contributed by atoms with Crippen molar-refractivity contribution in [3.63, 3.8) is 0 Å². The Hall–Kier alpha value is -2.77. The van der Waals surface area contributed by atoms with Crippen LogP contribution in [-0.2, 0) is 16.1 Å². The number of rotatable bonds is 4. The molecule has 8 nitrogen and oxygen atoms in total. The number of methoxy groups -OCH3 is 2. The van der Waals surface area contributed by atoms with Gasteiger partial charge < -0.3 is 19.5 Å². The van der Waals surface area contributed by atoms with E-state index in [2.05, 4.69) is 10.3 Å². The Labute approximate surface area is 165 Å². The van der Waals surface area contributed by atoms with Crippen LogP contribution >= 0.6 is 0 Å². The summed E-state index contributed by atoms with van der Waals surface area (Å²) in [4.78, 5) is 30.5. The number of nitrogens with zero attached hydrogens (tertiary/aromatic N) is 2. The molecule has 0 spiro atoms. The minimum Gasteiger partial charge on any atom is -0.497 e. The van der Waals surface area contributed by atoms with Crippen molar-refractivity contribution in [2.45, 2.75) is 58.7 Å². The van der Waals surface area contributed by atoms with Crippen LogP contribution < -0.4 is 14.8 Å². The van der Waals surface area contributed by atoms with Gasteiger partial charge in [0.25, 0.3) is 0 Å². The monoisotopic (exact) mass is 391 g/mol. The predicted molar refractivity (Wildman–Crippen MR) is 106 cm³/mol. The number of amides is 2. The molecule has 0 bridgehead atoms. The summed E-state index contributed by atoms with van der Waals surface area (Å²) in [6.45, 7) is 9.22. The maximum atomic E-state index is 12.8. The standard InChI is InChI=1S/C20H29N3O5/c1-19(2,3)28-18(25)21-17-22-20(4,5)11-16(24)23(17)12-13-8-9-14(26-6)10-15(13)27-7/h8-10H,11-12H2,1-7H3,(H,21,22,25). The maximum Gasteiger partial charge on any atom is 0.437 e. The lowest BCUT2D eigenvalue weighted by Crippen LogP contribution is -2.60. The van der Waals surface area contributed by atoms with Crippen LogP contribution in [0.15, 0.2) is 23.2 Å². The third kappa shape index (κ3) is 5.61. The minimum atomic E-state index is -0.757. The van der Waals surface area contributed by atoms with Crippen LogP contribution in [0.2, 0.25) is 0 Å². The van der Waals surface area contributed by atoms with E-state index in [9.17, 15) is 9.59 Å². The molecular weight excluding hydrogens is 362 g/mol. The van der Waals surface area contributed by atoms with E-state index in [0.717, 1.165) is 5.56 Å². The van der Waals surface area contributed by atoms with E-state index in [1.807, 2.05) is 19.9 Å². The summed E-state index contributed by atoms with van der Waals surface area (Å²) < 4.78 is 15.9. The topological polar surface area (TPSA) is 89.5 Å². The van der Waals surface area contributed by atoms with Crippen LogP contribution in [0.1, 0.15) is 46.6 Å². The Morgan fingerprint density at radius 3 is 2.50 bits per heavy atom. The number of aliphatic imine (C=N–C) groups is 1. The normalized spacial score (nSPS) is 17.9. The van der Waals surface area contributed by atoms with Crippen molar-refractivity contribution in [1.82, 2.24) is 10.2 Å². The molecule has 1 N–H and O–H groups in total. The Balaban J connectivity index is 2.36. The number of hydrogen-bond donors (Lipinski definition) is 1. The van der Waals surface area contributed by atoms with E-state index < -0.39 is 17.2 Å². The molecule has 28 heavy (non-hydrogen) atoms. The van der Waals surface area contributed by atoms with Crippen molar-refractivity contribution in [3.05, 3.63) is 23.8 Å². The third-order valence-electron chi connectivity index (χ3n) is 4.01. The molecule has 0 saturated carbocycles. The first kappa shape index (κ1) is 21.5. The molecule has 1 saturated heterocycles. The lowest BCUT2D eigenvalue weighted by Gasteiger charge is -2.39. The highest BCUT2D eigenvalue weighted by Crippen LogP contribution is 2.28. The number of guanidine groups is 1. The van der Waals surface area contributed by atoms with E-state index in [-0.39, 0.29) is 24.8 Å². The molecule has 1 aromatic carbocycles. The highest BCUT2D eigenvalue weighted by atomic mass is 16.6. The minimum absolute atomic E-state index is 0.149. The van der Waals surface area contributed by atoms with Crippen LogP contribution in [0.4, 0.5) is 4.79 Å². The molecule has 8 heteroatoms. The van der Waals surface area contributed by atoms with Crippen molar-refractivity contribution in [2.24, 2.45) is 4.99 Å². The molecule has 1 aliphatic rings. The van der Waals surface area contributed by atoms with Crippen LogP contribution in [0.25, 0.3) is 0 Å². The van der Waals surface area contributed by atoms with Gasteiger partial charge in [-0.1, -0.05) is 0 Å². The van der Waals surface area contributed by atoms with Crippen LogP contribution in [0.3, 0.4) is 0 Å². The van der Waals surface area contributed by atoms with Crippen LogP contribution in [0, 0.1) is 0 Å². The van der Waals surface area contributed by atoms with Crippen molar-refractivity contribution >= 4 is 18.0 Å². The van der Waals surface area contributed by atoms with Gasteiger partial charge in [-0.3, -0.25) is 9.69 Å². The summed E-state index contributed by atoms with van der Waals surface area (Å²) in [7, 11) is 3.12. The highest BCUT2D eigenvalue weighted by molar-refractivity contribution is 6.03. The van der Waals surface area contributed by atoms with Gasteiger partial charge in [0.15, 0.2) is 0 Å². The quantitative estimate of drug-likeness (QED) is 0.848. The summed E-state index contributed by atoms with van der Waals surface area (Å²) in [6.07, 6.45) is -0.495. The number of ether oxygens (including phenoxy) is 3. The van der Waals surface area contributed by atoms with Gasteiger partial charge >= 0.3 is 6.09 Å². The summed E-state index contributed by atoms with van der Waals surface area (Å²) in [6, 6.07) is 5.34. The number of hydrogen-bond acceptors (Lipinski definition) is 5. The molecule has 154 valence electrons. The van der Waals surface area contributed by atoms with Crippen LogP contribution in [-0.4, -0.2) is 48.2 Å². The SMILES string of the molecule is COc1ccc(CN2C(=O)CC(C)(C)NC2=NC(=O)OC(C)(C)C)c(OC)c1. The largest absolute Gasteiger partial charge is 0.497 e. The Morgan fingerprint density at radius 2 is 1.93 bits per heavy atom. The van der Waals surface area contributed by atoms with Crippen molar-refractivity contribution < 1.29 is 23.8 Å². The number of nitrogens with one attached hydrogen (secondary N) is 1. The van der Waals surface area contributed by atoms with Crippen molar-refractivity contribution in [2.75, 3.05) is 14.2 Å². The molecule has 2 rings (SSSR count). The van der Waals surface area contributed by atoms with Crippen molar-refractivity contribution in [1.29, 1.82) is 0 Å². The fourth-order valence-electron chi connectivity index (χ4n) is 2.78. The number of benzene rings is 1. The van der Waals surface area contributed by atoms with Gasteiger partial charge in [0.05, 0.1) is 20.8 Å². The van der Waals surface area contributed by atoms with E-state index in [1.165, 1.54) is 4.90 Å². The fraction of sp³-hybridized carbons (Fsp3) is 0.550. The molecule has 0 unspecified atom stereocenters.